The first-order valence-corrected chi connectivity index (χ1v) is 11.8. The van der Waals surface area contributed by atoms with E-state index in [1.165, 1.54) is 15.9 Å². The van der Waals surface area contributed by atoms with Crippen molar-refractivity contribution in [1.29, 1.82) is 0 Å². The first-order valence-electron chi connectivity index (χ1n) is 11.8. The largest absolute Gasteiger partial charge is 0.497 e. The molecule has 0 unspecified atom stereocenters. The highest BCUT2D eigenvalue weighted by Crippen LogP contribution is 2.31. The minimum atomic E-state index is -0.499. The average molecular weight is 468 g/mol. The molecule has 1 N–H and O–H groups in total. The number of carbonyl (C=O) groups is 2. The molecule has 3 aliphatic heterocycles. The number of amides is 3. The molecule has 0 saturated carbocycles. The van der Waals surface area contributed by atoms with Gasteiger partial charge in [0.25, 0.3) is 0 Å². The number of carbonyl (C=O) groups excluding carboxylic acids is 2. The Morgan fingerprint density at radius 3 is 2.44 bits per heavy atom. The van der Waals surface area contributed by atoms with Crippen LogP contribution in [0.2, 0.25) is 0 Å². The number of nitrogens with one attached hydrogen (secondary N) is 1. The van der Waals surface area contributed by atoms with Crippen molar-refractivity contribution < 1.29 is 18.7 Å². The number of rotatable bonds is 6. The molecule has 8 nitrogen and oxygen atoms in total. The van der Waals surface area contributed by atoms with E-state index in [2.05, 4.69) is 15.1 Å². The Morgan fingerprint density at radius 2 is 1.76 bits per heavy atom. The summed E-state index contributed by atoms with van der Waals surface area (Å²) in [5.74, 6) is -0.00542. The summed E-state index contributed by atoms with van der Waals surface area (Å²) in [6.07, 6.45) is 0.154. The number of methoxy groups -OCH3 is 1. The molecule has 5 rings (SSSR count). The Morgan fingerprint density at radius 1 is 1.03 bits per heavy atom. The van der Waals surface area contributed by atoms with Gasteiger partial charge < -0.3 is 15.0 Å². The summed E-state index contributed by atoms with van der Waals surface area (Å²) < 4.78 is 20.3. The number of nitrogens with zero attached hydrogens (tertiary/aromatic N) is 4. The van der Waals surface area contributed by atoms with E-state index in [1.54, 1.807) is 25.3 Å². The Hall–Kier alpha value is -3.17. The molecule has 9 heteroatoms. The summed E-state index contributed by atoms with van der Waals surface area (Å²) in [6.45, 7) is 6.20. The van der Waals surface area contributed by atoms with Crippen LogP contribution < -0.4 is 19.9 Å². The van der Waals surface area contributed by atoms with Gasteiger partial charge in [-0.25, -0.2) is 9.18 Å². The topological polar surface area (TPSA) is 68.4 Å². The van der Waals surface area contributed by atoms with Crippen LogP contribution in [0.4, 0.5) is 20.6 Å². The molecule has 2 aromatic rings. The summed E-state index contributed by atoms with van der Waals surface area (Å²) in [7, 11) is 1.58. The Labute approximate surface area is 198 Å². The van der Waals surface area contributed by atoms with Gasteiger partial charge in [0.2, 0.25) is 5.91 Å². The van der Waals surface area contributed by atoms with Crippen LogP contribution in [0.3, 0.4) is 0 Å². The smallest absolute Gasteiger partial charge is 0.331 e. The second-order valence-corrected chi connectivity index (χ2v) is 8.99. The molecule has 0 bridgehead atoms. The molecule has 0 spiro atoms. The van der Waals surface area contributed by atoms with Crippen LogP contribution in [0.5, 0.6) is 5.75 Å². The fourth-order valence-corrected chi connectivity index (χ4v) is 4.84. The molecule has 3 fully saturated rings. The number of urea groups is 1. The number of hydrogen-bond acceptors (Lipinski definition) is 6. The molecule has 0 aromatic heterocycles. The SMILES string of the molecule is COc1ccc(CN2C(=O)CCN(c3ccc(N4CC(N5CCNCC5)C4)cc3F)C2=O)cc1. The fraction of sp³-hybridized carbons (Fsp3) is 0.440. The Kier molecular flexibility index (Phi) is 6.38. The van der Waals surface area contributed by atoms with Gasteiger partial charge >= 0.3 is 6.03 Å². The van der Waals surface area contributed by atoms with Crippen molar-refractivity contribution in [1.82, 2.24) is 15.1 Å². The van der Waals surface area contributed by atoms with E-state index in [-0.39, 0.29) is 31.1 Å². The molecular weight excluding hydrogens is 437 g/mol. The summed E-state index contributed by atoms with van der Waals surface area (Å²) in [5.41, 5.74) is 1.83. The lowest BCUT2D eigenvalue weighted by Gasteiger charge is -2.48. The number of piperazine rings is 1. The maximum Gasteiger partial charge on any atom is 0.331 e. The first kappa shape index (κ1) is 22.6. The lowest BCUT2D eigenvalue weighted by atomic mass is 10.0. The van der Waals surface area contributed by atoms with Crippen molar-refractivity contribution in [3.05, 3.63) is 53.8 Å². The zero-order valence-electron chi connectivity index (χ0n) is 19.4. The number of benzene rings is 2. The summed E-state index contributed by atoms with van der Waals surface area (Å²) in [6, 6.07) is 12.2. The lowest BCUT2D eigenvalue weighted by Crippen LogP contribution is -2.62. The molecule has 0 atom stereocenters. The third kappa shape index (κ3) is 4.45. The summed E-state index contributed by atoms with van der Waals surface area (Å²) >= 11 is 0. The van der Waals surface area contributed by atoms with Gasteiger partial charge in [0.05, 0.1) is 19.3 Å². The molecule has 3 amide bonds. The molecule has 0 aliphatic carbocycles. The number of anilines is 2. The van der Waals surface area contributed by atoms with Gasteiger partial charge in [0, 0.05) is 64.0 Å². The van der Waals surface area contributed by atoms with E-state index in [4.69, 9.17) is 4.74 Å². The van der Waals surface area contributed by atoms with E-state index >= 15 is 4.39 Å². The predicted molar refractivity (Wildman–Crippen MR) is 128 cm³/mol. The second kappa shape index (κ2) is 9.60. The van der Waals surface area contributed by atoms with Gasteiger partial charge in [-0.15, -0.1) is 0 Å². The van der Waals surface area contributed by atoms with Crippen LogP contribution in [0.1, 0.15) is 12.0 Å². The average Bonchev–Trinajstić information content (AvgIpc) is 2.83. The van der Waals surface area contributed by atoms with Crippen LogP contribution in [-0.4, -0.2) is 80.7 Å². The van der Waals surface area contributed by atoms with Gasteiger partial charge in [0.15, 0.2) is 0 Å². The van der Waals surface area contributed by atoms with E-state index in [9.17, 15) is 9.59 Å². The number of hydrogen-bond donors (Lipinski definition) is 1. The number of halogens is 1. The van der Waals surface area contributed by atoms with Gasteiger partial charge in [0.1, 0.15) is 11.6 Å². The van der Waals surface area contributed by atoms with Crippen molar-refractivity contribution in [3.8, 4) is 5.75 Å². The molecule has 2 aromatic carbocycles. The molecule has 3 saturated heterocycles. The zero-order valence-corrected chi connectivity index (χ0v) is 19.4. The van der Waals surface area contributed by atoms with E-state index in [0.29, 0.717) is 11.8 Å². The number of imide groups is 1. The Balaban J connectivity index is 1.25. The normalized spacial score (nSPS) is 20.0. The fourth-order valence-electron chi connectivity index (χ4n) is 4.84. The van der Waals surface area contributed by atoms with Gasteiger partial charge in [-0.3, -0.25) is 19.5 Å². The highest BCUT2D eigenvalue weighted by atomic mass is 19.1. The zero-order chi connectivity index (χ0) is 23.7. The second-order valence-electron chi connectivity index (χ2n) is 8.99. The maximum atomic E-state index is 15.2. The predicted octanol–water partition coefficient (Wildman–Crippen LogP) is 2.29. The summed E-state index contributed by atoms with van der Waals surface area (Å²) in [4.78, 5) is 32.8. The quantitative estimate of drug-likeness (QED) is 0.703. The molecule has 34 heavy (non-hydrogen) atoms. The standard InChI is InChI=1S/C25H30FN5O3/c1-34-21-5-2-18(3-6-21)15-31-24(32)8-11-30(25(31)33)23-7-4-19(14-22(23)26)29-16-20(17-29)28-12-9-27-10-13-28/h2-7,14,20,27H,8-13,15-17H2,1H3. The van der Waals surface area contributed by atoms with Crippen LogP contribution >= 0.6 is 0 Å². The summed E-state index contributed by atoms with van der Waals surface area (Å²) in [5, 5.41) is 3.37. The molecular formula is C25H30FN5O3. The van der Waals surface area contributed by atoms with E-state index in [1.807, 2.05) is 18.2 Å². The van der Waals surface area contributed by atoms with E-state index < -0.39 is 11.8 Å². The van der Waals surface area contributed by atoms with Crippen molar-refractivity contribution >= 4 is 23.3 Å². The molecule has 3 heterocycles. The van der Waals surface area contributed by atoms with Crippen molar-refractivity contribution in [2.75, 3.05) is 62.7 Å². The lowest BCUT2D eigenvalue weighted by molar-refractivity contribution is -0.129. The minimum absolute atomic E-state index is 0.138. The van der Waals surface area contributed by atoms with Crippen molar-refractivity contribution in [2.24, 2.45) is 0 Å². The van der Waals surface area contributed by atoms with Crippen LogP contribution in [0.15, 0.2) is 42.5 Å². The minimum Gasteiger partial charge on any atom is -0.497 e. The van der Waals surface area contributed by atoms with Crippen molar-refractivity contribution in [3.63, 3.8) is 0 Å². The van der Waals surface area contributed by atoms with Crippen LogP contribution in [0.25, 0.3) is 0 Å². The first-order chi connectivity index (χ1) is 16.5. The molecule has 3 aliphatic rings. The highest BCUT2D eigenvalue weighted by Gasteiger charge is 2.35. The monoisotopic (exact) mass is 467 g/mol. The van der Waals surface area contributed by atoms with Crippen molar-refractivity contribution in [2.45, 2.75) is 19.0 Å². The van der Waals surface area contributed by atoms with Crippen LogP contribution in [0, 0.1) is 5.82 Å². The van der Waals surface area contributed by atoms with Gasteiger partial charge in [-0.2, -0.15) is 0 Å². The highest BCUT2D eigenvalue weighted by molar-refractivity contribution is 6.05. The van der Waals surface area contributed by atoms with E-state index in [0.717, 1.165) is 50.5 Å². The molecule has 180 valence electrons. The Bertz CT molecular complexity index is 1050. The van der Waals surface area contributed by atoms with Gasteiger partial charge in [-0.1, -0.05) is 12.1 Å². The third-order valence-corrected chi connectivity index (χ3v) is 6.93. The third-order valence-electron chi connectivity index (χ3n) is 6.93. The van der Waals surface area contributed by atoms with Gasteiger partial charge in [-0.05, 0) is 35.9 Å². The molecule has 0 radical (unpaired) electrons. The van der Waals surface area contributed by atoms with Crippen LogP contribution in [-0.2, 0) is 11.3 Å². The number of ether oxygens (including phenoxy) is 1. The maximum absolute atomic E-state index is 15.2.